The van der Waals surface area contributed by atoms with Crippen molar-refractivity contribution in [3.8, 4) is 0 Å². The third-order valence-corrected chi connectivity index (χ3v) is 10.3. The molecule has 2 bridgehead atoms. The van der Waals surface area contributed by atoms with E-state index in [2.05, 4.69) is 13.2 Å². The zero-order valence-electron chi connectivity index (χ0n) is 26.1. The Labute approximate surface area is 264 Å². The minimum atomic E-state index is -1.27. The lowest BCUT2D eigenvalue weighted by Gasteiger charge is -2.39. The summed E-state index contributed by atoms with van der Waals surface area (Å²) in [5.74, 6) is -2.71. The summed E-state index contributed by atoms with van der Waals surface area (Å²) in [5.41, 5.74) is -0.860. The number of amides is 3. The van der Waals surface area contributed by atoms with Crippen LogP contribution in [0.4, 0.5) is 5.69 Å². The fourth-order valence-corrected chi connectivity index (χ4v) is 8.16. The first kappa shape index (κ1) is 30.7. The van der Waals surface area contributed by atoms with Crippen molar-refractivity contribution in [1.82, 2.24) is 9.80 Å². The van der Waals surface area contributed by atoms with Gasteiger partial charge in [0, 0.05) is 25.8 Å². The van der Waals surface area contributed by atoms with Crippen LogP contribution in [-0.2, 0) is 19.1 Å². The minimum absolute atomic E-state index is 0.110. The number of rotatable bonds is 10. The number of carbonyl (C=O) groups is 3. The van der Waals surface area contributed by atoms with E-state index in [9.17, 15) is 14.7 Å². The lowest BCUT2D eigenvalue weighted by atomic mass is 9.62. The molecule has 0 aromatic heterocycles. The van der Waals surface area contributed by atoms with E-state index in [4.69, 9.17) is 4.74 Å². The van der Waals surface area contributed by atoms with Gasteiger partial charge in [0.2, 0.25) is 11.8 Å². The summed E-state index contributed by atoms with van der Waals surface area (Å²) in [6, 6.07) is 21.1. The van der Waals surface area contributed by atoms with E-state index >= 15 is 4.79 Å². The van der Waals surface area contributed by atoms with E-state index in [1.165, 1.54) is 4.90 Å². The number of nitrogens with zero attached hydrogens (tertiary/aromatic N) is 3. The molecule has 6 rings (SSSR count). The molecule has 7 atom stereocenters. The van der Waals surface area contributed by atoms with E-state index in [1.807, 2.05) is 86.6 Å². The van der Waals surface area contributed by atoms with E-state index < -0.39 is 41.7 Å². The van der Waals surface area contributed by atoms with Crippen molar-refractivity contribution in [2.45, 2.75) is 43.6 Å². The molecule has 8 heteroatoms. The number of hydrogen-bond acceptors (Lipinski definition) is 5. The Balaban J connectivity index is 1.52. The number of anilines is 1. The average molecular weight is 608 g/mol. The van der Waals surface area contributed by atoms with E-state index in [0.717, 1.165) is 10.8 Å². The van der Waals surface area contributed by atoms with Crippen molar-refractivity contribution in [3.05, 3.63) is 104 Å². The maximum Gasteiger partial charge on any atom is 0.253 e. The summed E-state index contributed by atoms with van der Waals surface area (Å²) in [7, 11) is 1.70. The van der Waals surface area contributed by atoms with Crippen LogP contribution in [0.15, 0.2) is 98.1 Å². The second-order valence-corrected chi connectivity index (χ2v) is 12.8. The van der Waals surface area contributed by atoms with Crippen LogP contribution in [0.3, 0.4) is 0 Å². The fourth-order valence-electron chi connectivity index (χ4n) is 8.16. The van der Waals surface area contributed by atoms with Gasteiger partial charge >= 0.3 is 0 Å². The summed E-state index contributed by atoms with van der Waals surface area (Å²) < 4.78 is 6.95. The molecule has 3 aliphatic heterocycles. The first-order valence-corrected chi connectivity index (χ1v) is 15.6. The summed E-state index contributed by atoms with van der Waals surface area (Å²) >= 11 is 0. The Morgan fingerprint density at radius 1 is 1.02 bits per heavy atom. The highest BCUT2D eigenvalue weighted by atomic mass is 16.5. The van der Waals surface area contributed by atoms with Crippen LogP contribution in [0.5, 0.6) is 0 Å². The summed E-state index contributed by atoms with van der Waals surface area (Å²) in [4.78, 5) is 48.8. The minimum Gasteiger partial charge on any atom is -0.394 e. The Kier molecular flexibility index (Phi) is 7.91. The maximum absolute atomic E-state index is 15.1. The van der Waals surface area contributed by atoms with Crippen molar-refractivity contribution >= 4 is 34.2 Å². The Morgan fingerprint density at radius 3 is 2.36 bits per heavy atom. The third kappa shape index (κ3) is 4.61. The number of aliphatic hydroxyl groups excluding tert-OH is 1. The number of carbonyl (C=O) groups excluding carboxylic acids is 3. The van der Waals surface area contributed by atoms with Gasteiger partial charge in [-0.3, -0.25) is 14.4 Å². The average Bonchev–Trinajstić information content (AvgIpc) is 3.56. The molecule has 0 radical (unpaired) electrons. The van der Waals surface area contributed by atoms with Gasteiger partial charge in [0.25, 0.3) is 5.91 Å². The van der Waals surface area contributed by atoms with Gasteiger partial charge in [-0.05, 0) is 47.7 Å². The van der Waals surface area contributed by atoms with Crippen LogP contribution in [0.2, 0.25) is 0 Å². The van der Waals surface area contributed by atoms with Gasteiger partial charge in [0.15, 0.2) is 0 Å². The summed E-state index contributed by atoms with van der Waals surface area (Å²) in [6.45, 7) is 11.8. The highest BCUT2D eigenvalue weighted by molar-refractivity contribution is 6.06. The van der Waals surface area contributed by atoms with Gasteiger partial charge in [-0.25, -0.2) is 0 Å². The predicted molar refractivity (Wildman–Crippen MR) is 174 cm³/mol. The van der Waals surface area contributed by atoms with E-state index in [1.54, 1.807) is 29.0 Å². The van der Waals surface area contributed by atoms with E-state index in [0.29, 0.717) is 24.2 Å². The van der Waals surface area contributed by atoms with Gasteiger partial charge in [0.05, 0.1) is 30.1 Å². The normalized spacial score (nSPS) is 29.0. The van der Waals surface area contributed by atoms with Gasteiger partial charge < -0.3 is 24.5 Å². The molecule has 1 N–H and O–H groups in total. The lowest BCUT2D eigenvalue weighted by Crippen LogP contribution is -2.57. The number of aliphatic hydroxyl groups is 1. The van der Waals surface area contributed by atoms with Gasteiger partial charge in [-0.15, -0.1) is 13.2 Å². The van der Waals surface area contributed by atoms with Crippen LogP contribution in [0.1, 0.15) is 31.9 Å². The van der Waals surface area contributed by atoms with Crippen LogP contribution in [0, 0.1) is 17.8 Å². The Morgan fingerprint density at radius 2 is 1.69 bits per heavy atom. The molecule has 3 unspecified atom stereocenters. The van der Waals surface area contributed by atoms with Crippen molar-refractivity contribution < 1.29 is 24.2 Å². The molecule has 8 nitrogen and oxygen atoms in total. The van der Waals surface area contributed by atoms with Crippen LogP contribution < -0.4 is 4.90 Å². The Hall–Kier alpha value is -4.27. The second kappa shape index (κ2) is 11.6. The molecule has 3 saturated heterocycles. The van der Waals surface area contributed by atoms with E-state index in [-0.39, 0.29) is 30.2 Å². The molecule has 0 saturated carbocycles. The first-order valence-electron chi connectivity index (χ1n) is 15.6. The lowest BCUT2D eigenvalue weighted by molar-refractivity contribution is -0.153. The molecule has 3 fully saturated rings. The smallest absolute Gasteiger partial charge is 0.253 e. The molecule has 45 heavy (non-hydrogen) atoms. The Bertz CT molecular complexity index is 1660. The topological polar surface area (TPSA) is 90.4 Å². The molecule has 0 aliphatic carbocycles. The number of fused-ring (bicyclic) bond motifs is 2. The fraction of sp³-hybridized carbons (Fsp3) is 0.378. The molecule has 3 heterocycles. The van der Waals surface area contributed by atoms with Crippen LogP contribution in [0.25, 0.3) is 10.8 Å². The number of benzene rings is 3. The van der Waals surface area contributed by atoms with Crippen molar-refractivity contribution in [2.24, 2.45) is 17.8 Å². The molecular formula is C37H41N3O5. The second-order valence-electron chi connectivity index (χ2n) is 12.8. The standard InChI is InChI=1S/C37H41N3O5/c1-6-19-38(5)33(42)30-31-34(43)40(29(23-41)26-14-9-8-10-15-26)32(37(31)22-24(3)36(30,4)45-37)35(44)39(20-7-2)28-18-17-25-13-11-12-16-27(25)21-28/h6-18,21,24,29-32,41H,1-2,19-20,22-23H2,3-5H3/t24?,29-,30+,31+,32?,36-,37?/m1/s1. The highest BCUT2D eigenvalue weighted by Crippen LogP contribution is 2.66. The summed E-state index contributed by atoms with van der Waals surface area (Å²) in [5, 5.41) is 12.9. The van der Waals surface area contributed by atoms with Gasteiger partial charge in [-0.1, -0.05) is 79.7 Å². The molecular weight excluding hydrogens is 566 g/mol. The largest absolute Gasteiger partial charge is 0.394 e. The monoisotopic (exact) mass is 607 g/mol. The SMILES string of the molecule is C=CCN(C)C(=O)[C@@H]1[C@H]2C(=O)N([C@H](CO)c3ccccc3)C(C(=O)N(CC=C)c3ccc4ccccc4c3)C23CC(C)[C@@]1(C)O3. The van der Waals surface area contributed by atoms with Gasteiger partial charge in [-0.2, -0.15) is 0 Å². The molecule has 234 valence electrons. The zero-order valence-corrected chi connectivity index (χ0v) is 26.1. The maximum atomic E-state index is 15.1. The molecule has 3 aromatic rings. The first-order chi connectivity index (χ1) is 21.6. The van der Waals surface area contributed by atoms with Crippen molar-refractivity contribution in [3.63, 3.8) is 0 Å². The van der Waals surface area contributed by atoms with Gasteiger partial charge in [0.1, 0.15) is 11.6 Å². The molecule has 1 spiro atoms. The van der Waals surface area contributed by atoms with Crippen LogP contribution in [-0.4, -0.2) is 76.6 Å². The molecule has 3 aromatic carbocycles. The van der Waals surface area contributed by atoms with Crippen molar-refractivity contribution in [2.75, 3.05) is 31.6 Å². The van der Waals surface area contributed by atoms with Crippen LogP contribution >= 0.6 is 0 Å². The zero-order chi connectivity index (χ0) is 32.1. The van der Waals surface area contributed by atoms with Crippen molar-refractivity contribution in [1.29, 1.82) is 0 Å². The number of likely N-dealkylation sites (tertiary alicyclic amines) is 1. The molecule has 3 aliphatic rings. The number of ether oxygens (including phenoxy) is 1. The molecule has 3 amide bonds. The number of likely N-dealkylation sites (N-methyl/N-ethyl adjacent to an activating group) is 1. The predicted octanol–water partition coefficient (Wildman–Crippen LogP) is 4.75. The quantitative estimate of drug-likeness (QED) is 0.336. The number of hydrogen-bond donors (Lipinski definition) is 1. The highest BCUT2D eigenvalue weighted by Gasteiger charge is 2.80. The summed E-state index contributed by atoms with van der Waals surface area (Å²) in [6.07, 6.45) is 3.74. The third-order valence-electron chi connectivity index (χ3n) is 10.3.